The Labute approximate surface area is 140 Å². The molecule has 0 aliphatic rings. The first kappa shape index (κ1) is 15.3. The highest BCUT2D eigenvalue weighted by Crippen LogP contribution is 2.34. The highest BCUT2D eigenvalue weighted by molar-refractivity contribution is 9.11. The maximum atomic E-state index is 13.7. The van der Waals surface area contributed by atoms with Crippen molar-refractivity contribution in [2.24, 2.45) is 0 Å². The Morgan fingerprint density at radius 2 is 1.68 bits per heavy atom. The number of rotatable bonds is 3. The largest absolute Gasteiger partial charge is 0.379 e. The Hall–Kier alpha value is -0.100. The molecular formula is C13H8Br3ClFN. The molecule has 2 aromatic carbocycles. The third-order valence-electron chi connectivity index (χ3n) is 2.48. The number of halogens is 5. The van der Waals surface area contributed by atoms with E-state index in [1.54, 1.807) is 12.1 Å². The highest BCUT2D eigenvalue weighted by Gasteiger charge is 2.08. The average molecular weight is 472 g/mol. The number of hydrogen-bond donors (Lipinski definition) is 1. The van der Waals surface area contributed by atoms with Gasteiger partial charge in [-0.2, -0.15) is 0 Å². The zero-order valence-electron chi connectivity index (χ0n) is 9.48. The van der Waals surface area contributed by atoms with Crippen molar-refractivity contribution in [3.05, 3.63) is 60.2 Å². The van der Waals surface area contributed by atoms with Crippen LogP contribution < -0.4 is 5.32 Å². The van der Waals surface area contributed by atoms with Gasteiger partial charge in [0, 0.05) is 30.5 Å². The Balaban J connectivity index is 2.19. The maximum absolute atomic E-state index is 13.7. The van der Waals surface area contributed by atoms with Gasteiger partial charge < -0.3 is 5.32 Å². The lowest BCUT2D eigenvalue weighted by Crippen LogP contribution is -2.03. The fourth-order valence-electron chi connectivity index (χ4n) is 1.56. The van der Waals surface area contributed by atoms with Crippen molar-refractivity contribution < 1.29 is 4.39 Å². The molecule has 100 valence electrons. The number of hydrogen-bond acceptors (Lipinski definition) is 1. The normalized spacial score (nSPS) is 10.6. The summed E-state index contributed by atoms with van der Waals surface area (Å²) < 4.78 is 16.4. The molecule has 0 radical (unpaired) electrons. The second-order valence-corrected chi connectivity index (χ2v) is 6.89. The van der Waals surface area contributed by atoms with Gasteiger partial charge in [-0.15, -0.1) is 0 Å². The molecule has 0 spiro atoms. The topological polar surface area (TPSA) is 12.0 Å². The van der Waals surface area contributed by atoms with Crippen LogP contribution in [0.2, 0.25) is 5.02 Å². The van der Waals surface area contributed by atoms with Crippen LogP contribution in [0.5, 0.6) is 0 Å². The second kappa shape index (κ2) is 6.57. The Morgan fingerprint density at radius 3 is 2.26 bits per heavy atom. The predicted molar refractivity (Wildman–Crippen MR) is 88.3 cm³/mol. The van der Waals surface area contributed by atoms with Crippen molar-refractivity contribution in [2.75, 3.05) is 5.32 Å². The van der Waals surface area contributed by atoms with Crippen molar-refractivity contribution in [2.45, 2.75) is 6.54 Å². The lowest BCUT2D eigenvalue weighted by atomic mass is 10.2. The van der Waals surface area contributed by atoms with Crippen LogP contribution >= 0.6 is 59.4 Å². The van der Waals surface area contributed by atoms with Crippen molar-refractivity contribution in [3.63, 3.8) is 0 Å². The molecule has 0 aliphatic heterocycles. The van der Waals surface area contributed by atoms with Gasteiger partial charge in [0.15, 0.2) is 0 Å². The van der Waals surface area contributed by atoms with E-state index in [2.05, 4.69) is 53.1 Å². The summed E-state index contributed by atoms with van der Waals surface area (Å²) in [6, 6.07) is 8.50. The summed E-state index contributed by atoms with van der Waals surface area (Å²) in [5.74, 6) is -0.315. The van der Waals surface area contributed by atoms with Gasteiger partial charge in [-0.3, -0.25) is 0 Å². The van der Waals surface area contributed by atoms with Crippen LogP contribution in [0.3, 0.4) is 0 Å². The molecule has 0 atom stereocenters. The summed E-state index contributed by atoms with van der Waals surface area (Å²) >= 11 is 16.1. The minimum absolute atomic E-state index is 0.315. The van der Waals surface area contributed by atoms with Crippen molar-refractivity contribution in [3.8, 4) is 0 Å². The Bertz CT molecular complexity index is 596. The van der Waals surface area contributed by atoms with Gasteiger partial charge in [0.2, 0.25) is 0 Å². The molecule has 2 aromatic rings. The van der Waals surface area contributed by atoms with E-state index in [-0.39, 0.29) is 5.82 Å². The summed E-state index contributed by atoms with van der Waals surface area (Å²) in [4.78, 5) is 0. The van der Waals surface area contributed by atoms with Crippen LogP contribution in [0, 0.1) is 5.82 Å². The van der Waals surface area contributed by atoms with E-state index in [1.165, 1.54) is 6.07 Å². The lowest BCUT2D eigenvalue weighted by Gasteiger charge is -2.12. The van der Waals surface area contributed by atoms with Crippen LogP contribution in [0.1, 0.15) is 5.56 Å². The molecule has 1 N–H and O–H groups in total. The van der Waals surface area contributed by atoms with Crippen molar-refractivity contribution >= 4 is 65.1 Å². The zero-order valence-corrected chi connectivity index (χ0v) is 15.0. The van der Waals surface area contributed by atoms with Gasteiger partial charge in [-0.25, -0.2) is 4.39 Å². The molecule has 0 saturated carbocycles. The van der Waals surface area contributed by atoms with E-state index >= 15 is 0 Å². The minimum Gasteiger partial charge on any atom is -0.379 e. The van der Waals surface area contributed by atoms with Gasteiger partial charge >= 0.3 is 0 Å². The summed E-state index contributed by atoms with van der Waals surface area (Å²) in [5.41, 5.74) is 1.43. The van der Waals surface area contributed by atoms with E-state index in [0.717, 1.165) is 19.1 Å². The smallest absolute Gasteiger partial charge is 0.129 e. The average Bonchev–Trinajstić information content (AvgIpc) is 2.30. The van der Waals surface area contributed by atoms with Crippen molar-refractivity contribution in [1.82, 2.24) is 0 Å². The number of anilines is 1. The SMILES string of the molecule is Fc1cc(Cl)ccc1CNc1c(Br)cc(Br)cc1Br. The summed E-state index contributed by atoms with van der Waals surface area (Å²) in [7, 11) is 0. The van der Waals surface area contributed by atoms with E-state index in [1.807, 2.05) is 12.1 Å². The maximum Gasteiger partial charge on any atom is 0.129 e. The fraction of sp³-hybridized carbons (Fsp3) is 0.0769. The summed E-state index contributed by atoms with van der Waals surface area (Å²) in [6.07, 6.45) is 0. The van der Waals surface area contributed by atoms with E-state index in [4.69, 9.17) is 11.6 Å². The molecule has 19 heavy (non-hydrogen) atoms. The third-order valence-corrected chi connectivity index (χ3v) is 4.42. The minimum atomic E-state index is -0.315. The summed E-state index contributed by atoms with van der Waals surface area (Å²) in [6.45, 7) is 0.377. The Morgan fingerprint density at radius 1 is 1.05 bits per heavy atom. The molecule has 0 fully saturated rings. The Kier molecular flexibility index (Phi) is 5.29. The van der Waals surface area contributed by atoms with Crippen LogP contribution in [0.25, 0.3) is 0 Å². The molecule has 0 aromatic heterocycles. The predicted octanol–water partition coefficient (Wildman–Crippen LogP) is 6.38. The quantitative estimate of drug-likeness (QED) is 0.547. The molecule has 0 heterocycles. The molecule has 0 amide bonds. The zero-order chi connectivity index (χ0) is 14.0. The molecule has 0 unspecified atom stereocenters. The second-order valence-electron chi connectivity index (χ2n) is 3.83. The van der Waals surface area contributed by atoms with Crippen molar-refractivity contribution in [1.29, 1.82) is 0 Å². The molecule has 1 nitrogen and oxygen atoms in total. The number of benzene rings is 2. The van der Waals surface area contributed by atoms with Gasteiger partial charge in [0.1, 0.15) is 5.82 Å². The first-order valence-electron chi connectivity index (χ1n) is 5.29. The third kappa shape index (κ3) is 3.94. The van der Waals surface area contributed by atoms with E-state index in [0.29, 0.717) is 17.1 Å². The standard InChI is InChI=1S/C13H8Br3ClFN/c14-8-3-10(15)13(11(16)4-8)19-6-7-1-2-9(17)5-12(7)18/h1-5,19H,6H2. The lowest BCUT2D eigenvalue weighted by molar-refractivity contribution is 0.613. The van der Waals surface area contributed by atoms with Gasteiger partial charge in [-0.1, -0.05) is 33.6 Å². The molecular weight excluding hydrogens is 464 g/mol. The molecule has 0 aliphatic carbocycles. The highest BCUT2D eigenvalue weighted by atomic mass is 79.9. The van der Waals surface area contributed by atoms with Gasteiger partial charge in [0.25, 0.3) is 0 Å². The number of nitrogens with one attached hydrogen (secondary N) is 1. The first-order valence-corrected chi connectivity index (χ1v) is 8.05. The van der Waals surface area contributed by atoms with E-state index < -0.39 is 0 Å². The fourth-order valence-corrected chi connectivity index (χ4v) is 4.26. The van der Waals surface area contributed by atoms with Crippen LogP contribution in [-0.4, -0.2) is 0 Å². The molecule has 0 saturated heterocycles. The molecule has 0 bridgehead atoms. The van der Waals surface area contributed by atoms with E-state index in [9.17, 15) is 4.39 Å². The monoisotopic (exact) mass is 469 g/mol. The molecule has 2 rings (SSSR count). The first-order chi connectivity index (χ1) is 8.97. The van der Waals surface area contributed by atoms with Gasteiger partial charge in [-0.05, 0) is 56.1 Å². The van der Waals surface area contributed by atoms with Crippen LogP contribution in [0.4, 0.5) is 10.1 Å². The summed E-state index contributed by atoms with van der Waals surface area (Å²) in [5, 5.41) is 3.58. The van der Waals surface area contributed by atoms with Crippen LogP contribution in [-0.2, 0) is 6.54 Å². The van der Waals surface area contributed by atoms with Crippen LogP contribution in [0.15, 0.2) is 43.7 Å². The molecule has 6 heteroatoms. The van der Waals surface area contributed by atoms with Gasteiger partial charge in [0.05, 0.1) is 5.69 Å².